The summed E-state index contributed by atoms with van der Waals surface area (Å²) in [6.07, 6.45) is 1.69. The fourth-order valence-electron chi connectivity index (χ4n) is 4.18. The Labute approximate surface area is 189 Å². The van der Waals surface area contributed by atoms with Gasteiger partial charge in [0.2, 0.25) is 5.91 Å². The summed E-state index contributed by atoms with van der Waals surface area (Å²) < 4.78 is 0. The van der Waals surface area contributed by atoms with Gasteiger partial charge < -0.3 is 10.2 Å². The molecule has 1 aliphatic rings. The summed E-state index contributed by atoms with van der Waals surface area (Å²) in [6.45, 7) is 4.30. The van der Waals surface area contributed by atoms with Crippen LogP contribution in [0.1, 0.15) is 19.8 Å². The van der Waals surface area contributed by atoms with Gasteiger partial charge in [-0.15, -0.1) is 11.3 Å². The van der Waals surface area contributed by atoms with Crippen LogP contribution in [-0.2, 0) is 4.79 Å². The van der Waals surface area contributed by atoms with Crippen LogP contribution >= 0.6 is 22.7 Å². The number of thiophene rings is 2. The number of carbonyl (C=O) groups excluding carboxylic acids is 1. The number of piperidine rings is 1. The molecule has 0 radical (unpaired) electrons. The van der Waals surface area contributed by atoms with E-state index in [9.17, 15) is 4.79 Å². The van der Waals surface area contributed by atoms with E-state index in [1.165, 1.54) is 11.1 Å². The predicted octanol–water partition coefficient (Wildman–Crippen LogP) is 5.44. The van der Waals surface area contributed by atoms with Crippen LogP contribution in [0, 0.1) is 5.92 Å². The van der Waals surface area contributed by atoms with Crippen molar-refractivity contribution in [3.05, 3.63) is 52.5 Å². The van der Waals surface area contributed by atoms with Crippen LogP contribution in [0.4, 0.5) is 5.82 Å². The van der Waals surface area contributed by atoms with Crippen molar-refractivity contribution in [2.24, 2.45) is 5.92 Å². The Morgan fingerprint density at radius 2 is 1.90 bits per heavy atom. The van der Waals surface area contributed by atoms with Crippen LogP contribution in [-0.4, -0.2) is 35.5 Å². The molecule has 158 valence electrons. The summed E-state index contributed by atoms with van der Waals surface area (Å²) in [5, 5.41) is 10.4. The van der Waals surface area contributed by atoms with Crippen LogP contribution in [0.3, 0.4) is 0 Å². The molecule has 0 aliphatic carbocycles. The van der Waals surface area contributed by atoms with Gasteiger partial charge in [0.05, 0.1) is 5.39 Å². The molecule has 4 heterocycles. The lowest BCUT2D eigenvalue weighted by Crippen LogP contribution is -2.41. The first-order valence-electron chi connectivity index (χ1n) is 10.6. The number of hydrogen-bond donors (Lipinski definition) is 1. The van der Waals surface area contributed by atoms with Gasteiger partial charge in [-0.05, 0) is 36.8 Å². The van der Waals surface area contributed by atoms with Crippen molar-refractivity contribution < 1.29 is 4.79 Å². The van der Waals surface area contributed by atoms with Crippen molar-refractivity contribution in [2.75, 3.05) is 24.5 Å². The largest absolute Gasteiger partial charge is 0.356 e. The second-order valence-corrected chi connectivity index (χ2v) is 9.37. The Hall–Kier alpha value is -2.77. The summed E-state index contributed by atoms with van der Waals surface area (Å²) in [5.74, 6) is 2.02. The van der Waals surface area contributed by atoms with E-state index in [4.69, 9.17) is 9.97 Å². The highest BCUT2D eigenvalue weighted by Crippen LogP contribution is 2.40. The molecule has 1 amide bonds. The fourth-order valence-corrected chi connectivity index (χ4v) is 5.75. The Morgan fingerprint density at radius 3 is 2.61 bits per heavy atom. The Balaban J connectivity index is 1.57. The van der Waals surface area contributed by atoms with Crippen LogP contribution in [0.15, 0.2) is 52.5 Å². The lowest BCUT2D eigenvalue weighted by Gasteiger charge is -2.32. The average molecular weight is 449 g/mol. The van der Waals surface area contributed by atoms with Gasteiger partial charge in [0, 0.05) is 47.4 Å². The number of carbonyl (C=O) groups is 1. The third-order valence-corrected chi connectivity index (χ3v) is 7.35. The maximum absolute atomic E-state index is 12.3. The minimum atomic E-state index is 0.0842. The summed E-state index contributed by atoms with van der Waals surface area (Å²) in [5.41, 5.74) is 3.41. The summed E-state index contributed by atoms with van der Waals surface area (Å²) in [4.78, 5) is 25.6. The quantitative estimate of drug-likeness (QED) is 0.442. The van der Waals surface area contributed by atoms with Gasteiger partial charge in [-0.2, -0.15) is 11.3 Å². The van der Waals surface area contributed by atoms with Gasteiger partial charge >= 0.3 is 0 Å². The molecule has 31 heavy (non-hydrogen) atoms. The minimum absolute atomic E-state index is 0.0842. The zero-order valence-corrected chi connectivity index (χ0v) is 19.0. The average Bonchev–Trinajstić information content (AvgIpc) is 3.50. The SMILES string of the molecule is CCNC(=O)C1CCN(c2nc(-c3ccsc3)nc3scc(-c4ccccc4)c23)CC1. The number of anilines is 1. The highest BCUT2D eigenvalue weighted by Gasteiger charge is 2.28. The Bertz CT molecular complexity index is 1180. The topological polar surface area (TPSA) is 58.1 Å². The van der Waals surface area contributed by atoms with Gasteiger partial charge in [-0.1, -0.05) is 30.3 Å². The van der Waals surface area contributed by atoms with Gasteiger partial charge in [-0.3, -0.25) is 4.79 Å². The van der Waals surface area contributed by atoms with Crippen LogP contribution < -0.4 is 10.2 Å². The Kier molecular flexibility index (Phi) is 5.70. The molecular weight excluding hydrogens is 424 g/mol. The minimum Gasteiger partial charge on any atom is -0.356 e. The van der Waals surface area contributed by atoms with E-state index in [1.807, 2.05) is 13.0 Å². The first-order valence-corrected chi connectivity index (χ1v) is 12.5. The molecule has 0 saturated carbocycles. The van der Waals surface area contributed by atoms with Gasteiger partial charge in [-0.25, -0.2) is 9.97 Å². The second-order valence-electron chi connectivity index (χ2n) is 7.73. The zero-order valence-electron chi connectivity index (χ0n) is 17.4. The zero-order chi connectivity index (χ0) is 21.2. The molecule has 0 unspecified atom stereocenters. The van der Waals surface area contributed by atoms with Crippen molar-refractivity contribution in [1.29, 1.82) is 0 Å². The molecule has 1 fully saturated rings. The summed E-state index contributed by atoms with van der Waals surface area (Å²) in [6, 6.07) is 12.5. The maximum atomic E-state index is 12.3. The van der Waals surface area contributed by atoms with Crippen molar-refractivity contribution in [3.8, 4) is 22.5 Å². The number of benzene rings is 1. The lowest BCUT2D eigenvalue weighted by atomic mass is 9.95. The van der Waals surface area contributed by atoms with E-state index >= 15 is 0 Å². The standard InChI is InChI=1S/C24H24N4OS2/c1-2-25-23(29)17-8-11-28(12-9-17)22-20-19(16-6-4-3-5-7-16)15-31-24(20)27-21(26-22)18-10-13-30-14-18/h3-7,10,13-15,17H,2,8-9,11-12H2,1H3,(H,25,29). The van der Waals surface area contributed by atoms with Crippen LogP contribution in [0.2, 0.25) is 0 Å². The number of nitrogens with zero attached hydrogens (tertiary/aromatic N) is 3. The third kappa shape index (κ3) is 3.95. The van der Waals surface area contributed by atoms with E-state index in [1.54, 1.807) is 22.7 Å². The molecule has 1 aromatic carbocycles. The van der Waals surface area contributed by atoms with Gasteiger partial charge in [0.1, 0.15) is 10.6 Å². The highest BCUT2D eigenvalue weighted by atomic mass is 32.1. The molecular formula is C24H24N4OS2. The van der Waals surface area contributed by atoms with E-state index in [0.717, 1.165) is 53.4 Å². The number of hydrogen-bond acceptors (Lipinski definition) is 6. The lowest BCUT2D eigenvalue weighted by molar-refractivity contribution is -0.125. The molecule has 4 aromatic rings. The predicted molar refractivity (Wildman–Crippen MR) is 130 cm³/mol. The first-order chi connectivity index (χ1) is 15.2. The number of amides is 1. The molecule has 1 saturated heterocycles. The molecule has 5 rings (SSSR count). The monoisotopic (exact) mass is 448 g/mol. The number of aromatic nitrogens is 2. The van der Waals surface area contributed by atoms with E-state index < -0.39 is 0 Å². The smallest absolute Gasteiger partial charge is 0.223 e. The van der Waals surface area contributed by atoms with Crippen LogP contribution in [0.25, 0.3) is 32.7 Å². The second kappa shape index (κ2) is 8.77. The van der Waals surface area contributed by atoms with Crippen molar-refractivity contribution in [3.63, 3.8) is 0 Å². The Morgan fingerprint density at radius 1 is 1.10 bits per heavy atom. The van der Waals surface area contributed by atoms with Crippen LogP contribution in [0.5, 0.6) is 0 Å². The number of rotatable bonds is 5. The molecule has 3 aromatic heterocycles. The molecule has 0 bridgehead atoms. The third-order valence-electron chi connectivity index (χ3n) is 5.79. The van der Waals surface area contributed by atoms with E-state index in [-0.39, 0.29) is 11.8 Å². The molecule has 5 nitrogen and oxygen atoms in total. The van der Waals surface area contributed by atoms with E-state index in [0.29, 0.717) is 6.54 Å². The van der Waals surface area contributed by atoms with Gasteiger partial charge in [0.25, 0.3) is 0 Å². The number of fused-ring (bicyclic) bond motifs is 1. The number of nitrogens with one attached hydrogen (secondary N) is 1. The maximum Gasteiger partial charge on any atom is 0.223 e. The van der Waals surface area contributed by atoms with Crippen molar-refractivity contribution in [1.82, 2.24) is 15.3 Å². The molecule has 0 atom stereocenters. The molecule has 1 aliphatic heterocycles. The van der Waals surface area contributed by atoms with Gasteiger partial charge in [0.15, 0.2) is 5.82 Å². The fraction of sp³-hybridized carbons (Fsp3) is 0.292. The summed E-state index contributed by atoms with van der Waals surface area (Å²) >= 11 is 3.33. The first kappa shape index (κ1) is 20.2. The van der Waals surface area contributed by atoms with Crippen molar-refractivity contribution >= 4 is 44.6 Å². The van der Waals surface area contributed by atoms with Crippen molar-refractivity contribution in [2.45, 2.75) is 19.8 Å². The molecule has 7 heteroatoms. The van der Waals surface area contributed by atoms with E-state index in [2.05, 4.69) is 56.7 Å². The molecule has 0 spiro atoms. The normalized spacial score (nSPS) is 14.8. The highest BCUT2D eigenvalue weighted by molar-refractivity contribution is 7.17. The summed E-state index contributed by atoms with van der Waals surface area (Å²) in [7, 11) is 0. The molecule has 1 N–H and O–H groups in total.